The summed E-state index contributed by atoms with van der Waals surface area (Å²) < 4.78 is 4.74. The highest BCUT2D eigenvalue weighted by Gasteiger charge is 2.35. The van der Waals surface area contributed by atoms with Gasteiger partial charge in [-0.15, -0.1) is 0 Å². The molecular weight excluding hydrogens is 230 g/mol. The molecule has 0 radical (unpaired) electrons. The van der Waals surface area contributed by atoms with Crippen LogP contribution in [0.15, 0.2) is 24.3 Å². The van der Waals surface area contributed by atoms with Crippen LogP contribution >= 0.6 is 0 Å². The van der Waals surface area contributed by atoms with E-state index < -0.39 is 6.04 Å². The van der Waals surface area contributed by atoms with Gasteiger partial charge in [0.2, 0.25) is 0 Å². The SMILES string of the molecule is COC(=O)[C@@H]1CCCN1C(=O)c1ccc(C)cc1. The lowest BCUT2D eigenvalue weighted by atomic mass is 10.1. The lowest BCUT2D eigenvalue weighted by Gasteiger charge is -2.22. The standard InChI is InChI=1S/C14H17NO3/c1-10-5-7-11(8-6-10)13(16)15-9-3-4-12(15)14(17)18-2/h5-8,12H,3-4,9H2,1-2H3/t12-/m0/s1. The Labute approximate surface area is 107 Å². The predicted octanol–water partition coefficient (Wildman–Crippen LogP) is 1.77. The Hall–Kier alpha value is -1.84. The molecular formula is C14H17NO3. The van der Waals surface area contributed by atoms with Crippen LogP contribution in [0.2, 0.25) is 0 Å². The van der Waals surface area contributed by atoms with Gasteiger partial charge in [-0.25, -0.2) is 4.79 Å². The Bertz CT molecular complexity index is 453. The molecule has 0 bridgehead atoms. The van der Waals surface area contributed by atoms with Crippen molar-refractivity contribution in [3.63, 3.8) is 0 Å². The highest BCUT2D eigenvalue weighted by molar-refractivity contribution is 5.97. The van der Waals surface area contributed by atoms with Crippen molar-refractivity contribution in [1.29, 1.82) is 0 Å². The second-order valence-corrected chi connectivity index (χ2v) is 4.55. The molecule has 1 atom stereocenters. The first kappa shape index (κ1) is 12.6. The number of hydrogen-bond acceptors (Lipinski definition) is 3. The van der Waals surface area contributed by atoms with Crippen LogP contribution in [-0.4, -0.2) is 36.5 Å². The second-order valence-electron chi connectivity index (χ2n) is 4.55. The van der Waals surface area contributed by atoms with Gasteiger partial charge in [0.15, 0.2) is 0 Å². The van der Waals surface area contributed by atoms with Crippen LogP contribution in [0.5, 0.6) is 0 Å². The van der Waals surface area contributed by atoms with Crippen molar-refractivity contribution in [2.45, 2.75) is 25.8 Å². The molecule has 1 aromatic rings. The number of aryl methyl sites for hydroxylation is 1. The van der Waals surface area contributed by atoms with Gasteiger partial charge in [-0.2, -0.15) is 0 Å². The van der Waals surface area contributed by atoms with Crippen molar-refractivity contribution in [3.05, 3.63) is 35.4 Å². The number of rotatable bonds is 2. The molecule has 18 heavy (non-hydrogen) atoms. The largest absolute Gasteiger partial charge is 0.467 e. The summed E-state index contributed by atoms with van der Waals surface area (Å²) in [6.45, 7) is 2.59. The maximum atomic E-state index is 12.3. The average Bonchev–Trinajstić information content (AvgIpc) is 2.87. The van der Waals surface area contributed by atoms with E-state index >= 15 is 0 Å². The number of nitrogens with zero attached hydrogens (tertiary/aromatic N) is 1. The number of benzene rings is 1. The average molecular weight is 247 g/mol. The molecule has 1 fully saturated rings. The lowest BCUT2D eigenvalue weighted by Crippen LogP contribution is -2.41. The number of likely N-dealkylation sites (tertiary alicyclic amines) is 1. The molecule has 0 aromatic heterocycles. The molecule has 96 valence electrons. The maximum absolute atomic E-state index is 12.3. The fourth-order valence-electron chi connectivity index (χ4n) is 2.25. The van der Waals surface area contributed by atoms with Gasteiger partial charge in [0.1, 0.15) is 6.04 Å². The van der Waals surface area contributed by atoms with Crippen LogP contribution in [0.1, 0.15) is 28.8 Å². The summed E-state index contributed by atoms with van der Waals surface area (Å²) in [7, 11) is 1.36. The second kappa shape index (κ2) is 5.21. The molecule has 1 amide bonds. The molecule has 4 heteroatoms. The zero-order chi connectivity index (χ0) is 13.1. The molecule has 0 unspecified atom stereocenters. The van der Waals surface area contributed by atoms with Crippen LogP contribution in [0, 0.1) is 6.92 Å². The lowest BCUT2D eigenvalue weighted by molar-refractivity contribution is -0.145. The third-order valence-corrected chi connectivity index (χ3v) is 3.29. The number of ether oxygens (including phenoxy) is 1. The smallest absolute Gasteiger partial charge is 0.328 e. The highest BCUT2D eigenvalue weighted by Crippen LogP contribution is 2.21. The van der Waals surface area contributed by atoms with Crippen molar-refractivity contribution in [1.82, 2.24) is 4.90 Å². The molecule has 0 saturated carbocycles. The van der Waals surface area contributed by atoms with Crippen LogP contribution in [0.4, 0.5) is 0 Å². The van der Waals surface area contributed by atoms with Crippen molar-refractivity contribution < 1.29 is 14.3 Å². The number of carbonyl (C=O) groups is 2. The summed E-state index contributed by atoms with van der Waals surface area (Å²) in [4.78, 5) is 25.5. The van der Waals surface area contributed by atoms with Crippen molar-refractivity contribution in [2.24, 2.45) is 0 Å². The van der Waals surface area contributed by atoms with Crippen molar-refractivity contribution in [2.75, 3.05) is 13.7 Å². The fourth-order valence-corrected chi connectivity index (χ4v) is 2.25. The number of hydrogen-bond donors (Lipinski definition) is 0. The summed E-state index contributed by atoms with van der Waals surface area (Å²) in [5.74, 6) is -0.420. The normalized spacial score (nSPS) is 18.8. The molecule has 1 aliphatic heterocycles. The summed E-state index contributed by atoms with van der Waals surface area (Å²) in [5.41, 5.74) is 1.73. The molecule has 1 aromatic carbocycles. The summed E-state index contributed by atoms with van der Waals surface area (Å²) in [5, 5.41) is 0. The third kappa shape index (κ3) is 2.37. The minimum Gasteiger partial charge on any atom is -0.467 e. The minimum absolute atomic E-state index is 0.0945. The van der Waals surface area contributed by atoms with Crippen LogP contribution in [-0.2, 0) is 9.53 Å². The topological polar surface area (TPSA) is 46.6 Å². The molecule has 1 heterocycles. The van der Waals surface area contributed by atoms with E-state index in [4.69, 9.17) is 4.74 Å². The summed E-state index contributed by atoms with van der Waals surface area (Å²) in [6.07, 6.45) is 1.53. The van der Waals surface area contributed by atoms with E-state index in [1.807, 2.05) is 19.1 Å². The maximum Gasteiger partial charge on any atom is 0.328 e. The van der Waals surface area contributed by atoms with E-state index in [1.54, 1.807) is 17.0 Å². The summed E-state index contributed by atoms with van der Waals surface area (Å²) >= 11 is 0. The first-order valence-corrected chi connectivity index (χ1v) is 6.09. The van der Waals surface area contributed by atoms with E-state index in [9.17, 15) is 9.59 Å². The molecule has 0 aliphatic carbocycles. The Morgan fingerprint density at radius 2 is 1.94 bits per heavy atom. The van der Waals surface area contributed by atoms with E-state index in [-0.39, 0.29) is 11.9 Å². The van der Waals surface area contributed by atoms with Gasteiger partial charge in [0.05, 0.1) is 7.11 Å². The van der Waals surface area contributed by atoms with Gasteiger partial charge < -0.3 is 9.64 Å². The minimum atomic E-state index is -0.427. The first-order valence-electron chi connectivity index (χ1n) is 6.09. The fraction of sp³-hybridized carbons (Fsp3) is 0.429. The van der Waals surface area contributed by atoms with Crippen molar-refractivity contribution in [3.8, 4) is 0 Å². The number of esters is 1. The van der Waals surface area contributed by atoms with Gasteiger partial charge in [-0.05, 0) is 31.9 Å². The van der Waals surface area contributed by atoms with Gasteiger partial charge in [0.25, 0.3) is 5.91 Å². The Morgan fingerprint density at radius 3 is 2.56 bits per heavy atom. The van der Waals surface area contributed by atoms with Gasteiger partial charge in [-0.3, -0.25) is 4.79 Å². The number of methoxy groups -OCH3 is 1. The van der Waals surface area contributed by atoms with E-state index in [0.717, 1.165) is 12.0 Å². The Morgan fingerprint density at radius 1 is 1.28 bits per heavy atom. The Kier molecular flexibility index (Phi) is 3.65. The molecule has 4 nitrogen and oxygen atoms in total. The predicted molar refractivity (Wildman–Crippen MR) is 67.3 cm³/mol. The molecule has 1 saturated heterocycles. The number of carbonyl (C=O) groups excluding carboxylic acids is 2. The van der Waals surface area contributed by atoms with Gasteiger partial charge in [-0.1, -0.05) is 17.7 Å². The number of amides is 1. The molecule has 1 aliphatic rings. The highest BCUT2D eigenvalue weighted by atomic mass is 16.5. The van der Waals surface area contributed by atoms with Crippen LogP contribution in [0.25, 0.3) is 0 Å². The molecule has 2 rings (SSSR count). The summed E-state index contributed by atoms with van der Waals surface area (Å²) in [6, 6.07) is 6.96. The molecule has 0 spiro atoms. The van der Waals surface area contributed by atoms with E-state index in [0.29, 0.717) is 18.5 Å². The Balaban J connectivity index is 2.17. The van der Waals surface area contributed by atoms with Crippen molar-refractivity contribution >= 4 is 11.9 Å². The van der Waals surface area contributed by atoms with Gasteiger partial charge >= 0.3 is 5.97 Å². The molecule has 0 N–H and O–H groups in total. The zero-order valence-corrected chi connectivity index (χ0v) is 10.7. The van der Waals surface area contributed by atoms with Crippen LogP contribution in [0.3, 0.4) is 0 Å². The quantitative estimate of drug-likeness (QED) is 0.748. The van der Waals surface area contributed by atoms with E-state index in [1.165, 1.54) is 7.11 Å². The first-order chi connectivity index (χ1) is 8.63. The van der Waals surface area contributed by atoms with Gasteiger partial charge in [0, 0.05) is 12.1 Å². The van der Waals surface area contributed by atoms with Crippen LogP contribution < -0.4 is 0 Å². The third-order valence-electron chi connectivity index (χ3n) is 3.29. The van der Waals surface area contributed by atoms with E-state index in [2.05, 4.69) is 0 Å². The monoisotopic (exact) mass is 247 g/mol. The zero-order valence-electron chi connectivity index (χ0n) is 10.7.